The van der Waals surface area contributed by atoms with Crippen molar-refractivity contribution < 1.29 is 4.79 Å². The molecule has 0 saturated heterocycles. The van der Waals surface area contributed by atoms with Crippen molar-refractivity contribution >= 4 is 45.6 Å². The standard InChI is InChI=1S/C22H24N6O2S.ClH/c1-5-10-23-22-24-18(12-31-22)17-11-13(2)28(14(17)3)26-20(29)19-15-8-6-7-9-16(15)21(30)27(4)25-19;/h6-9,11-12H,5,10H2,1-4H3,(H,23,24)(H,26,29);1H. The SMILES string of the molecule is CCCNc1nc(-c2cc(C)n(NC(=O)c3nn(C)c(=O)c4ccccc34)c2C)cs1.Cl. The van der Waals surface area contributed by atoms with E-state index in [1.807, 2.05) is 25.3 Å². The number of aryl methyl sites for hydroxylation is 2. The number of benzene rings is 1. The Bertz CT molecular complexity index is 1340. The van der Waals surface area contributed by atoms with E-state index in [1.54, 1.807) is 47.3 Å². The van der Waals surface area contributed by atoms with Gasteiger partial charge in [0.25, 0.3) is 11.5 Å². The Hall–Kier alpha value is -3.17. The number of carbonyl (C=O) groups excluding carboxylic acids is 1. The summed E-state index contributed by atoms with van der Waals surface area (Å²) in [5.41, 5.74) is 6.44. The summed E-state index contributed by atoms with van der Waals surface area (Å²) in [6, 6.07) is 9.00. The third-order valence-corrected chi connectivity index (χ3v) is 5.92. The average molecular weight is 473 g/mol. The van der Waals surface area contributed by atoms with Gasteiger partial charge in [0.15, 0.2) is 10.8 Å². The Morgan fingerprint density at radius 3 is 2.62 bits per heavy atom. The summed E-state index contributed by atoms with van der Waals surface area (Å²) in [6.45, 7) is 6.85. The molecule has 168 valence electrons. The number of aromatic nitrogens is 4. The van der Waals surface area contributed by atoms with Gasteiger partial charge in [-0.15, -0.1) is 23.7 Å². The van der Waals surface area contributed by atoms with Gasteiger partial charge in [-0.3, -0.25) is 19.7 Å². The number of fused-ring (bicyclic) bond motifs is 1. The highest BCUT2D eigenvalue weighted by Gasteiger charge is 2.19. The predicted molar refractivity (Wildman–Crippen MR) is 132 cm³/mol. The molecule has 3 heterocycles. The monoisotopic (exact) mass is 472 g/mol. The molecule has 8 nitrogen and oxygen atoms in total. The number of halogens is 1. The van der Waals surface area contributed by atoms with Crippen LogP contribution in [-0.4, -0.2) is 31.9 Å². The molecule has 0 aliphatic heterocycles. The summed E-state index contributed by atoms with van der Waals surface area (Å²) < 4.78 is 2.93. The molecule has 0 bridgehead atoms. The zero-order valence-corrected chi connectivity index (χ0v) is 19.9. The van der Waals surface area contributed by atoms with Crippen molar-refractivity contribution in [2.45, 2.75) is 27.2 Å². The van der Waals surface area contributed by atoms with E-state index in [0.717, 1.165) is 40.7 Å². The molecule has 0 fully saturated rings. The van der Waals surface area contributed by atoms with Crippen molar-refractivity contribution in [2.75, 3.05) is 17.3 Å². The van der Waals surface area contributed by atoms with Crippen molar-refractivity contribution in [2.24, 2.45) is 7.05 Å². The van der Waals surface area contributed by atoms with Crippen LogP contribution in [0.25, 0.3) is 22.0 Å². The molecule has 4 rings (SSSR count). The van der Waals surface area contributed by atoms with E-state index >= 15 is 0 Å². The first-order chi connectivity index (χ1) is 14.9. The van der Waals surface area contributed by atoms with Crippen LogP contribution >= 0.6 is 23.7 Å². The zero-order chi connectivity index (χ0) is 22.1. The Morgan fingerprint density at radius 1 is 1.19 bits per heavy atom. The normalized spacial score (nSPS) is 10.8. The molecule has 0 radical (unpaired) electrons. The lowest BCUT2D eigenvalue weighted by Crippen LogP contribution is -2.29. The molecule has 0 unspecified atom stereocenters. The first-order valence-electron chi connectivity index (χ1n) is 10.1. The molecule has 1 aromatic carbocycles. The molecule has 0 saturated carbocycles. The highest BCUT2D eigenvalue weighted by molar-refractivity contribution is 7.14. The van der Waals surface area contributed by atoms with E-state index in [9.17, 15) is 9.59 Å². The number of amides is 1. The summed E-state index contributed by atoms with van der Waals surface area (Å²) in [5, 5.41) is 11.4. The van der Waals surface area contributed by atoms with Gasteiger partial charge in [0.1, 0.15) is 0 Å². The Morgan fingerprint density at radius 2 is 1.91 bits per heavy atom. The Kier molecular flexibility index (Phi) is 7.00. The fraction of sp³-hybridized carbons (Fsp3) is 0.273. The van der Waals surface area contributed by atoms with Gasteiger partial charge in [0.2, 0.25) is 0 Å². The van der Waals surface area contributed by atoms with Crippen molar-refractivity contribution in [1.82, 2.24) is 19.4 Å². The number of thiazole rings is 1. The summed E-state index contributed by atoms with van der Waals surface area (Å²) in [4.78, 5) is 30.1. The average Bonchev–Trinajstić information content (AvgIpc) is 3.34. The molecule has 0 spiro atoms. The number of hydrogen-bond donors (Lipinski definition) is 2. The zero-order valence-electron chi connectivity index (χ0n) is 18.3. The van der Waals surface area contributed by atoms with Crippen LogP contribution in [0.2, 0.25) is 0 Å². The van der Waals surface area contributed by atoms with Crippen LogP contribution in [0.4, 0.5) is 5.13 Å². The number of rotatable bonds is 6. The van der Waals surface area contributed by atoms with Crippen molar-refractivity contribution in [3.05, 3.63) is 63.1 Å². The Balaban J connectivity index is 0.00000289. The number of nitrogens with one attached hydrogen (secondary N) is 2. The molecule has 3 aromatic heterocycles. The van der Waals surface area contributed by atoms with Gasteiger partial charge in [0.05, 0.1) is 11.1 Å². The largest absolute Gasteiger partial charge is 0.362 e. The van der Waals surface area contributed by atoms with E-state index < -0.39 is 0 Å². The lowest BCUT2D eigenvalue weighted by Gasteiger charge is -2.13. The van der Waals surface area contributed by atoms with E-state index in [-0.39, 0.29) is 29.6 Å². The van der Waals surface area contributed by atoms with Gasteiger partial charge in [-0.1, -0.05) is 25.1 Å². The molecule has 1 amide bonds. The lowest BCUT2D eigenvalue weighted by molar-refractivity contribution is 0.100. The quantitative estimate of drug-likeness (QED) is 0.440. The van der Waals surface area contributed by atoms with Crippen LogP contribution in [0.1, 0.15) is 35.2 Å². The second kappa shape index (κ2) is 9.54. The topological polar surface area (TPSA) is 93.8 Å². The predicted octanol–water partition coefficient (Wildman–Crippen LogP) is 4.10. The highest BCUT2D eigenvalue weighted by Crippen LogP contribution is 2.29. The summed E-state index contributed by atoms with van der Waals surface area (Å²) in [7, 11) is 1.54. The van der Waals surface area contributed by atoms with E-state index in [4.69, 9.17) is 0 Å². The van der Waals surface area contributed by atoms with Crippen molar-refractivity contribution in [1.29, 1.82) is 0 Å². The third-order valence-electron chi connectivity index (χ3n) is 5.12. The first-order valence-corrected chi connectivity index (χ1v) is 10.9. The van der Waals surface area contributed by atoms with Gasteiger partial charge >= 0.3 is 0 Å². The molecule has 0 aliphatic carbocycles. The minimum absolute atomic E-state index is 0. The van der Waals surface area contributed by atoms with Gasteiger partial charge < -0.3 is 5.32 Å². The minimum atomic E-state index is -0.385. The van der Waals surface area contributed by atoms with Crippen molar-refractivity contribution in [3.63, 3.8) is 0 Å². The van der Waals surface area contributed by atoms with Crippen LogP contribution in [0.5, 0.6) is 0 Å². The summed E-state index contributed by atoms with van der Waals surface area (Å²) >= 11 is 1.56. The maximum atomic E-state index is 13.1. The maximum Gasteiger partial charge on any atom is 0.291 e. The molecule has 0 atom stereocenters. The van der Waals surface area contributed by atoms with Gasteiger partial charge in [-0.25, -0.2) is 9.67 Å². The molecular weight excluding hydrogens is 448 g/mol. The lowest BCUT2D eigenvalue weighted by atomic mass is 10.1. The van der Waals surface area contributed by atoms with Crippen LogP contribution < -0.4 is 16.3 Å². The van der Waals surface area contributed by atoms with Crippen LogP contribution in [0.15, 0.2) is 40.5 Å². The number of carbonyl (C=O) groups is 1. The van der Waals surface area contributed by atoms with Gasteiger partial charge in [-0.2, -0.15) is 5.10 Å². The maximum absolute atomic E-state index is 13.1. The van der Waals surface area contributed by atoms with Crippen LogP contribution in [0.3, 0.4) is 0 Å². The molecule has 2 N–H and O–H groups in total. The van der Waals surface area contributed by atoms with E-state index in [0.29, 0.717) is 10.8 Å². The second-order valence-electron chi connectivity index (χ2n) is 7.35. The van der Waals surface area contributed by atoms with E-state index in [1.165, 1.54) is 4.68 Å². The highest BCUT2D eigenvalue weighted by atomic mass is 35.5. The molecular formula is C22H25ClN6O2S. The summed E-state index contributed by atoms with van der Waals surface area (Å²) in [6.07, 6.45) is 1.03. The van der Waals surface area contributed by atoms with Crippen LogP contribution in [0, 0.1) is 13.8 Å². The molecule has 32 heavy (non-hydrogen) atoms. The number of hydrogen-bond acceptors (Lipinski definition) is 6. The molecule has 10 heteroatoms. The fourth-order valence-corrected chi connectivity index (χ4v) is 4.27. The second-order valence-corrected chi connectivity index (χ2v) is 8.21. The minimum Gasteiger partial charge on any atom is -0.362 e. The summed E-state index contributed by atoms with van der Waals surface area (Å²) in [5.74, 6) is -0.385. The molecule has 0 aliphatic rings. The van der Waals surface area contributed by atoms with E-state index in [2.05, 4.69) is 27.7 Å². The smallest absolute Gasteiger partial charge is 0.291 e. The van der Waals surface area contributed by atoms with Gasteiger partial charge in [-0.05, 0) is 32.4 Å². The van der Waals surface area contributed by atoms with Crippen LogP contribution in [-0.2, 0) is 7.05 Å². The number of nitrogens with zero attached hydrogens (tertiary/aromatic N) is 4. The third kappa shape index (κ3) is 4.26. The Labute approximate surface area is 195 Å². The first kappa shape index (κ1) is 23.5. The number of anilines is 1. The van der Waals surface area contributed by atoms with Gasteiger partial charge in [0, 0.05) is 41.3 Å². The molecule has 4 aromatic rings. The fourth-order valence-electron chi connectivity index (χ4n) is 3.53. The van der Waals surface area contributed by atoms with Crippen molar-refractivity contribution in [3.8, 4) is 11.3 Å².